The summed E-state index contributed by atoms with van der Waals surface area (Å²) in [4.78, 5) is 46.4. The van der Waals surface area contributed by atoms with Gasteiger partial charge in [0, 0.05) is 17.5 Å². The van der Waals surface area contributed by atoms with Crippen molar-refractivity contribution in [2.45, 2.75) is 18.3 Å². The molecule has 4 N–H and O–H groups in total. The van der Waals surface area contributed by atoms with Crippen LogP contribution in [0, 0.1) is 0 Å². The Morgan fingerprint density at radius 2 is 1.36 bits per heavy atom. The lowest BCUT2D eigenvalue weighted by atomic mass is 10.1. The van der Waals surface area contributed by atoms with Gasteiger partial charge in [0.15, 0.2) is 0 Å². The maximum atomic E-state index is 12.5. The second kappa shape index (κ2) is 11.0. The van der Waals surface area contributed by atoms with Gasteiger partial charge in [-0.25, -0.2) is 9.59 Å². The van der Waals surface area contributed by atoms with Crippen LogP contribution in [0.25, 0.3) is 0 Å². The van der Waals surface area contributed by atoms with Crippen molar-refractivity contribution in [3.63, 3.8) is 0 Å². The smallest absolute Gasteiger partial charge is 0.480 e. The highest BCUT2D eigenvalue weighted by Gasteiger charge is 2.42. The molecular weight excluding hydrogens is 465 g/mol. The van der Waals surface area contributed by atoms with Crippen LogP contribution in [-0.4, -0.2) is 62.6 Å². The molecule has 0 fully saturated rings. The molecule has 2 amide bonds. The number of halogens is 3. The summed E-state index contributed by atoms with van der Waals surface area (Å²) in [6.07, 6.45) is -5.08. The van der Waals surface area contributed by atoms with E-state index in [4.69, 9.17) is 15.6 Å². The van der Waals surface area contributed by atoms with E-state index in [1.54, 1.807) is 12.1 Å². The molecule has 0 radical (unpaired) electrons. The molecule has 0 aromatic heterocycles. The predicted molar refractivity (Wildman–Crippen MR) is 113 cm³/mol. The van der Waals surface area contributed by atoms with E-state index >= 15 is 0 Å². The van der Waals surface area contributed by atoms with Gasteiger partial charge in [-0.3, -0.25) is 14.5 Å². The number of nitrogens with two attached hydrogens (primary N) is 1. The van der Waals surface area contributed by atoms with Gasteiger partial charge in [-0.15, -0.1) is 0 Å². The monoisotopic (exact) mass is 484 g/mol. The van der Waals surface area contributed by atoms with Crippen LogP contribution in [0.4, 0.5) is 13.2 Å². The van der Waals surface area contributed by atoms with Crippen LogP contribution in [0.15, 0.2) is 54.6 Å². The molecule has 2 atom stereocenters. The van der Waals surface area contributed by atoms with E-state index in [0.29, 0.717) is 5.75 Å². The lowest BCUT2D eigenvalue weighted by Crippen LogP contribution is -2.46. The first-order valence-electron chi connectivity index (χ1n) is 9.33. The molecule has 0 unspecified atom stereocenters. The van der Waals surface area contributed by atoms with E-state index in [1.165, 1.54) is 23.9 Å². The summed E-state index contributed by atoms with van der Waals surface area (Å²) >= 11 is 1.31. The van der Waals surface area contributed by atoms with Crippen LogP contribution < -0.4 is 5.73 Å². The summed E-state index contributed by atoms with van der Waals surface area (Å²) in [5.41, 5.74) is 7.56. The Kier molecular flexibility index (Phi) is 8.60. The summed E-state index contributed by atoms with van der Waals surface area (Å²) < 4.78 is 31.7. The molecule has 0 spiro atoms. The second-order valence-corrected chi connectivity index (χ2v) is 7.81. The van der Waals surface area contributed by atoms with Crippen molar-refractivity contribution < 1.29 is 42.6 Å². The predicted octanol–water partition coefficient (Wildman–Crippen LogP) is 2.80. The molecule has 3 rings (SSSR count). The number of hydrogen-bond donors (Lipinski definition) is 3. The molecule has 0 saturated carbocycles. The minimum Gasteiger partial charge on any atom is -0.480 e. The number of thioether (sulfide) groups is 1. The molecule has 0 bridgehead atoms. The highest BCUT2D eigenvalue weighted by Crippen LogP contribution is 2.26. The van der Waals surface area contributed by atoms with Crippen LogP contribution in [0.2, 0.25) is 0 Å². The van der Waals surface area contributed by atoms with Crippen molar-refractivity contribution in [3.8, 4) is 0 Å². The first kappa shape index (κ1) is 25.9. The Balaban J connectivity index is 0.000000479. The van der Waals surface area contributed by atoms with Gasteiger partial charge < -0.3 is 15.9 Å². The highest BCUT2D eigenvalue weighted by atomic mass is 32.2. The zero-order valence-corrected chi connectivity index (χ0v) is 17.7. The van der Waals surface area contributed by atoms with Crippen molar-refractivity contribution in [3.05, 3.63) is 71.3 Å². The number of hydrogen-bond acceptors (Lipinski definition) is 6. The molecule has 0 aliphatic carbocycles. The number of aliphatic carboxylic acids is 2. The number of carboxylic acids is 2. The maximum Gasteiger partial charge on any atom is 0.490 e. The number of rotatable bonds is 7. The molecule has 1 aliphatic heterocycles. The lowest BCUT2D eigenvalue weighted by molar-refractivity contribution is -0.192. The molecule has 1 heterocycles. The summed E-state index contributed by atoms with van der Waals surface area (Å²) in [6.45, 7) is 0. The number of fused-ring (bicyclic) bond motifs is 1. The zero-order valence-electron chi connectivity index (χ0n) is 16.9. The van der Waals surface area contributed by atoms with Crippen molar-refractivity contribution in [1.82, 2.24) is 4.90 Å². The number of amides is 2. The van der Waals surface area contributed by atoms with E-state index in [-0.39, 0.29) is 22.9 Å². The van der Waals surface area contributed by atoms with Crippen LogP contribution >= 0.6 is 11.8 Å². The largest absolute Gasteiger partial charge is 0.490 e. The summed E-state index contributed by atoms with van der Waals surface area (Å²) in [7, 11) is 0. The fraction of sp³-hybridized carbons (Fsp3) is 0.238. The van der Waals surface area contributed by atoms with E-state index in [2.05, 4.69) is 0 Å². The molecule has 0 saturated heterocycles. The normalized spacial score (nSPS) is 14.7. The number of benzene rings is 2. The maximum absolute atomic E-state index is 12.5. The Hall–Kier alpha value is -3.38. The zero-order chi connectivity index (χ0) is 24.8. The number of alkyl halides is 3. The fourth-order valence-electron chi connectivity index (χ4n) is 2.85. The van der Waals surface area contributed by atoms with Crippen LogP contribution in [0.1, 0.15) is 32.3 Å². The van der Waals surface area contributed by atoms with E-state index in [1.807, 2.05) is 30.3 Å². The number of imide groups is 1. The molecule has 176 valence electrons. The van der Waals surface area contributed by atoms with Gasteiger partial charge in [-0.2, -0.15) is 24.9 Å². The Morgan fingerprint density at radius 1 is 0.909 bits per heavy atom. The summed E-state index contributed by atoms with van der Waals surface area (Å²) in [6, 6.07) is 14.4. The minimum absolute atomic E-state index is 0.0847. The molecule has 2 aromatic rings. The van der Waals surface area contributed by atoms with E-state index in [9.17, 15) is 32.7 Å². The number of carbonyl (C=O) groups is 4. The van der Waals surface area contributed by atoms with Gasteiger partial charge in [0.25, 0.3) is 11.8 Å². The van der Waals surface area contributed by atoms with Gasteiger partial charge in [-0.1, -0.05) is 42.5 Å². The van der Waals surface area contributed by atoms with Crippen molar-refractivity contribution >= 4 is 35.5 Å². The molecule has 2 aromatic carbocycles. The topological polar surface area (TPSA) is 138 Å². The van der Waals surface area contributed by atoms with Gasteiger partial charge in [0.05, 0.1) is 11.1 Å². The Bertz CT molecular complexity index is 997. The Morgan fingerprint density at radius 3 is 1.79 bits per heavy atom. The number of nitrogens with zero attached hydrogens (tertiary/aromatic N) is 1. The molecule has 8 nitrogen and oxygen atoms in total. The van der Waals surface area contributed by atoms with Crippen LogP contribution in [0.3, 0.4) is 0 Å². The third-order valence-electron chi connectivity index (χ3n) is 4.47. The molecule has 1 aliphatic rings. The SMILES string of the molecule is N[C@@H](CSC[C@@H](C(=O)O)N1C(=O)c2ccccc2C1=O)c1ccccc1.O=C(O)C(F)(F)F. The van der Waals surface area contributed by atoms with Gasteiger partial charge >= 0.3 is 18.1 Å². The average Bonchev–Trinajstić information content (AvgIpc) is 3.02. The van der Waals surface area contributed by atoms with Crippen molar-refractivity contribution in [1.29, 1.82) is 0 Å². The van der Waals surface area contributed by atoms with E-state index < -0.39 is 36.0 Å². The second-order valence-electron chi connectivity index (χ2n) is 6.74. The van der Waals surface area contributed by atoms with E-state index in [0.717, 1.165) is 10.5 Å². The quantitative estimate of drug-likeness (QED) is 0.510. The number of carboxylic acid groups (broad SMARTS) is 2. The summed E-state index contributed by atoms with van der Waals surface area (Å²) in [5, 5.41) is 16.7. The van der Waals surface area contributed by atoms with Crippen LogP contribution in [0.5, 0.6) is 0 Å². The standard InChI is InChI=1S/C19H18N2O4S.C2HF3O2/c20-15(12-6-2-1-3-7-12)10-26-11-16(19(24)25)21-17(22)13-8-4-5-9-14(13)18(21)23;3-2(4,5)1(6)7/h1-9,15-16H,10-11,20H2,(H,24,25);(H,6,7)/t15-,16-;/m0./s1. The average molecular weight is 484 g/mol. The molecular formula is C21H19F3N2O6S. The number of carbonyl (C=O) groups excluding carboxylic acids is 2. The fourth-order valence-corrected chi connectivity index (χ4v) is 3.95. The van der Waals surface area contributed by atoms with Gasteiger partial charge in [0.1, 0.15) is 6.04 Å². The highest BCUT2D eigenvalue weighted by molar-refractivity contribution is 7.99. The van der Waals surface area contributed by atoms with Crippen molar-refractivity contribution in [2.75, 3.05) is 11.5 Å². The van der Waals surface area contributed by atoms with Gasteiger partial charge in [0.2, 0.25) is 0 Å². The molecule has 33 heavy (non-hydrogen) atoms. The molecule has 12 heteroatoms. The Labute approximate surface area is 190 Å². The first-order valence-corrected chi connectivity index (χ1v) is 10.5. The van der Waals surface area contributed by atoms with Gasteiger partial charge in [-0.05, 0) is 17.7 Å². The third kappa shape index (κ3) is 6.56. The third-order valence-corrected chi connectivity index (χ3v) is 5.61. The summed E-state index contributed by atoms with van der Waals surface area (Å²) in [5.74, 6) is -4.53. The minimum atomic E-state index is -5.08. The lowest BCUT2D eigenvalue weighted by Gasteiger charge is -2.22. The van der Waals surface area contributed by atoms with Crippen LogP contribution in [-0.2, 0) is 9.59 Å². The first-order chi connectivity index (χ1) is 15.4. The van der Waals surface area contributed by atoms with Crippen molar-refractivity contribution in [2.24, 2.45) is 5.73 Å².